The van der Waals surface area contributed by atoms with Gasteiger partial charge in [-0.25, -0.2) is 4.98 Å². The lowest BCUT2D eigenvalue weighted by atomic mass is 9.97. The predicted octanol–water partition coefficient (Wildman–Crippen LogP) is 2.75. The Kier molecular flexibility index (Phi) is 2.74. The lowest BCUT2D eigenvalue weighted by Crippen LogP contribution is -2.26. The van der Waals surface area contributed by atoms with E-state index in [2.05, 4.69) is 15.3 Å². The van der Waals surface area contributed by atoms with Crippen LogP contribution in [0.2, 0.25) is 0 Å². The number of H-pyrrole nitrogens is 1. The second-order valence-corrected chi connectivity index (χ2v) is 6.26. The van der Waals surface area contributed by atoms with Crippen molar-refractivity contribution in [2.24, 2.45) is 4.99 Å². The van der Waals surface area contributed by atoms with E-state index in [9.17, 15) is 9.59 Å². The Morgan fingerprint density at radius 1 is 1.24 bits per heavy atom. The number of pyridine rings is 1. The highest BCUT2D eigenvalue weighted by atomic mass is 16.1. The zero-order chi connectivity index (χ0) is 17.1. The van der Waals surface area contributed by atoms with Gasteiger partial charge in [0.25, 0.3) is 0 Å². The molecule has 0 fully saturated rings. The van der Waals surface area contributed by atoms with E-state index >= 15 is 0 Å². The summed E-state index contributed by atoms with van der Waals surface area (Å²) < 4.78 is 0. The molecule has 2 aromatic carbocycles. The fraction of sp³-hybridized carbons (Fsp3) is 0.158. The number of aromatic nitrogens is 2. The third-order valence-electron chi connectivity index (χ3n) is 4.69. The minimum absolute atomic E-state index is 0.0166. The monoisotopic (exact) mass is 330 g/mol. The number of hydrogen-bond donors (Lipinski definition) is 2. The van der Waals surface area contributed by atoms with Gasteiger partial charge in [0.2, 0.25) is 5.91 Å². The molecule has 1 amide bonds. The standard InChI is InChI=1S/C19H14N4O2/c1-9(24)22-19-15-13(25)6-7-20-17(15)18-14-11(8-21-16(14)19)10-4-2-3-5-12(10)23-18/h2-5,8,21H,6-7H2,1H3,(H,22,24). The summed E-state index contributed by atoms with van der Waals surface area (Å²) in [7, 11) is 0. The summed E-state index contributed by atoms with van der Waals surface area (Å²) in [4.78, 5) is 36.9. The Hall–Kier alpha value is -3.28. The first kappa shape index (κ1) is 14.1. The molecule has 6 nitrogen and oxygen atoms in total. The van der Waals surface area contributed by atoms with E-state index in [4.69, 9.17) is 4.98 Å². The van der Waals surface area contributed by atoms with Crippen molar-refractivity contribution in [1.82, 2.24) is 9.97 Å². The number of benzene rings is 2. The first-order chi connectivity index (χ1) is 12.1. The van der Waals surface area contributed by atoms with Crippen LogP contribution in [0.4, 0.5) is 5.69 Å². The molecule has 5 rings (SSSR count). The Labute approximate surface area is 141 Å². The van der Waals surface area contributed by atoms with Crippen molar-refractivity contribution in [1.29, 1.82) is 0 Å². The number of carbonyl (C=O) groups is 2. The molecular formula is C19H14N4O2. The van der Waals surface area contributed by atoms with Gasteiger partial charge < -0.3 is 10.3 Å². The first-order valence-electron chi connectivity index (χ1n) is 8.15. The Morgan fingerprint density at radius 2 is 2.08 bits per heavy atom. The maximum atomic E-state index is 12.6. The van der Waals surface area contributed by atoms with Gasteiger partial charge in [0.1, 0.15) is 0 Å². The zero-order valence-electron chi connectivity index (χ0n) is 13.5. The van der Waals surface area contributed by atoms with Crippen LogP contribution < -0.4 is 10.7 Å². The van der Waals surface area contributed by atoms with E-state index in [1.54, 1.807) is 0 Å². The molecule has 0 saturated carbocycles. The predicted molar refractivity (Wildman–Crippen MR) is 96.0 cm³/mol. The maximum absolute atomic E-state index is 12.6. The number of nitrogens with zero attached hydrogens (tertiary/aromatic N) is 2. The first-order valence-corrected chi connectivity index (χ1v) is 8.15. The van der Waals surface area contributed by atoms with Gasteiger partial charge in [0.15, 0.2) is 5.78 Å². The molecule has 2 N–H and O–H groups in total. The van der Waals surface area contributed by atoms with Gasteiger partial charge in [-0.3, -0.25) is 14.6 Å². The number of fused-ring (bicyclic) bond motifs is 4. The van der Waals surface area contributed by atoms with E-state index in [-0.39, 0.29) is 11.7 Å². The molecule has 0 aliphatic carbocycles. The molecule has 0 saturated heterocycles. The maximum Gasteiger partial charge on any atom is 0.221 e. The number of para-hydroxylation sites is 1. The molecule has 0 radical (unpaired) electrons. The highest BCUT2D eigenvalue weighted by Crippen LogP contribution is 2.35. The number of rotatable bonds is 1. The van der Waals surface area contributed by atoms with E-state index in [0.29, 0.717) is 35.1 Å². The van der Waals surface area contributed by atoms with Crippen LogP contribution in [-0.4, -0.2) is 28.2 Å². The molecule has 6 heteroatoms. The number of aromatic amines is 1. The Morgan fingerprint density at radius 3 is 2.92 bits per heavy atom. The Balaban J connectivity index is 2.08. The van der Waals surface area contributed by atoms with E-state index < -0.39 is 0 Å². The fourth-order valence-corrected chi connectivity index (χ4v) is 3.71. The highest BCUT2D eigenvalue weighted by molar-refractivity contribution is 6.25. The van der Waals surface area contributed by atoms with Crippen LogP contribution in [0.1, 0.15) is 23.7 Å². The largest absolute Gasteiger partial charge is 0.359 e. The molecule has 0 atom stereocenters. The number of hydrogen-bond acceptors (Lipinski definition) is 4. The van der Waals surface area contributed by atoms with Gasteiger partial charge in [-0.05, 0) is 6.07 Å². The zero-order valence-corrected chi connectivity index (χ0v) is 13.5. The molecule has 0 unspecified atom stereocenters. The molecule has 4 aromatic rings. The van der Waals surface area contributed by atoms with Crippen molar-refractivity contribution in [2.45, 2.75) is 13.3 Å². The summed E-state index contributed by atoms with van der Waals surface area (Å²) in [6.45, 7) is 1.88. The number of amides is 1. The van der Waals surface area contributed by atoms with Crippen molar-refractivity contribution in [3.63, 3.8) is 0 Å². The molecule has 2 aromatic heterocycles. The molecular weight excluding hydrogens is 316 g/mol. The fourth-order valence-electron chi connectivity index (χ4n) is 3.71. The highest BCUT2D eigenvalue weighted by Gasteiger charge is 2.26. The number of ketones is 1. The van der Waals surface area contributed by atoms with Gasteiger partial charge in [0, 0.05) is 42.2 Å². The summed E-state index contributed by atoms with van der Waals surface area (Å²) in [5.41, 5.74) is 3.26. The summed E-state index contributed by atoms with van der Waals surface area (Å²) in [5, 5.41) is 6.35. The van der Waals surface area contributed by atoms with Crippen molar-refractivity contribution in [3.8, 4) is 0 Å². The molecule has 0 spiro atoms. The van der Waals surface area contributed by atoms with Crippen LogP contribution >= 0.6 is 0 Å². The molecule has 1 aliphatic rings. The number of Topliss-reactive ketones (excluding diaryl/α,β-unsaturated/α-hetero) is 1. The summed E-state index contributed by atoms with van der Waals surface area (Å²) in [6.07, 6.45) is 2.25. The smallest absolute Gasteiger partial charge is 0.221 e. The molecule has 122 valence electrons. The second-order valence-electron chi connectivity index (χ2n) is 6.26. The van der Waals surface area contributed by atoms with Crippen LogP contribution in [0.25, 0.3) is 32.7 Å². The Bertz CT molecular complexity index is 1270. The van der Waals surface area contributed by atoms with Gasteiger partial charge in [-0.1, -0.05) is 18.2 Å². The van der Waals surface area contributed by atoms with Crippen LogP contribution in [0.5, 0.6) is 0 Å². The summed E-state index contributed by atoms with van der Waals surface area (Å²) in [5.74, 6) is -0.239. The minimum atomic E-state index is -0.222. The van der Waals surface area contributed by atoms with Gasteiger partial charge >= 0.3 is 0 Å². The average Bonchev–Trinajstić information content (AvgIpc) is 3.04. The lowest BCUT2D eigenvalue weighted by Gasteiger charge is -2.16. The van der Waals surface area contributed by atoms with Crippen molar-refractivity contribution in [2.75, 3.05) is 11.9 Å². The third-order valence-corrected chi connectivity index (χ3v) is 4.69. The van der Waals surface area contributed by atoms with Crippen LogP contribution in [0.15, 0.2) is 35.5 Å². The van der Waals surface area contributed by atoms with Crippen LogP contribution in [0.3, 0.4) is 0 Å². The SMILES string of the molecule is CC(=O)Nc1c2c(c3nc4ccccc4c4c[nH]c1c34)=NCCC2=O. The quantitative estimate of drug-likeness (QED) is 0.526. The summed E-state index contributed by atoms with van der Waals surface area (Å²) >= 11 is 0. The van der Waals surface area contributed by atoms with E-state index in [1.807, 2.05) is 30.5 Å². The topological polar surface area (TPSA) is 87.2 Å². The molecule has 1 aliphatic heterocycles. The molecule has 3 heterocycles. The van der Waals surface area contributed by atoms with Crippen molar-refractivity contribution < 1.29 is 9.59 Å². The number of carbonyl (C=O) groups excluding carboxylic acids is 2. The van der Waals surface area contributed by atoms with E-state index in [1.165, 1.54) is 6.92 Å². The number of anilines is 1. The molecule has 0 bridgehead atoms. The van der Waals surface area contributed by atoms with E-state index in [0.717, 1.165) is 27.2 Å². The van der Waals surface area contributed by atoms with Crippen LogP contribution in [-0.2, 0) is 4.79 Å². The second kappa shape index (κ2) is 4.86. The average molecular weight is 330 g/mol. The minimum Gasteiger partial charge on any atom is -0.359 e. The molecule has 25 heavy (non-hydrogen) atoms. The number of nitrogens with one attached hydrogen (secondary N) is 2. The normalized spacial score (nSPS) is 14.0. The van der Waals surface area contributed by atoms with Crippen molar-refractivity contribution in [3.05, 3.63) is 41.4 Å². The third kappa shape index (κ3) is 1.85. The lowest BCUT2D eigenvalue weighted by molar-refractivity contribution is -0.114. The summed E-state index contributed by atoms with van der Waals surface area (Å²) in [6, 6.07) is 7.89. The van der Waals surface area contributed by atoms with Gasteiger partial charge in [-0.15, -0.1) is 0 Å². The van der Waals surface area contributed by atoms with Gasteiger partial charge in [-0.2, -0.15) is 0 Å². The van der Waals surface area contributed by atoms with Gasteiger partial charge in [0.05, 0.1) is 33.2 Å². The van der Waals surface area contributed by atoms with Crippen molar-refractivity contribution >= 4 is 50.1 Å². The van der Waals surface area contributed by atoms with Crippen LogP contribution in [0, 0.1) is 0 Å².